The Morgan fingerprint density at radius 2 is 2.33 bits per heavy atom. The third-order valence-electron chi connectivity index (χ3n) is 1.72. The number of nitrogens with two attached hydrogens (primary N) is 1. The molecule has 0 aliphatic rings. The SMILES string of the molecule is CC(C)n1ncc(Cl)c1CCN. The molecule has 0 saturated heterocycles. The largest absolute Gasteiger partial charge is 0.330 e. The predicted molar refractivity (Wildman–Crippen MR) is 50.4 cm³/mol. The van der Waals surface area contributed by atoms with Gasteiger partial charge in [-0.25, -0.2) is 0 Å². The minimum absolute atomic E-state index is 0.346. The normalized spacial score (nSPS) is 11.1. The number of nitrogens with zero attached hydrogens (tertiary/aromatic N) is 2. The number of halogens is 1. The van der Waals surface area contributed by atoms with E-state index >= 15 is 0 Å². The number of hydrogen-bond acceptors (Lipinski definition) is 2. The number of hydrogen-bond donors (Lipinski definition) is 1. The van der Waals surface area contributed by atoms with Gasteiger partial charge in [0, 0.05) is 12.5 Å². The van der Waals surface area contributed by atoms with E-state index in [2.05, 4.69) is 18.9 Å². The van der Waals surface area contributed by atoms with Crippen LogP contribution in [0.25, 0.3) is 0 Å². The first kappa shape index (κ1) is 9.55. The van der Waals surface area contributed by atoms with Crippen molar-refractivity contribution in [2.24, 2.45) is 5.73 Å². The molecule has 1 aromatic heterocycles. The maximum atomic E-state index is 5.93. The van der Waals surface area contributed by atoms with Gasteiger partial charge in [-0.05, 0) is 20.4 Å². The van der Waals surface area contributed by atoms with E-state index in [0.29, 0.717) is 17.6 Å². The van der Waals surface area contributed by atoms with Crippen molar-refractivity contribution in [1.29, 1.82) is 0 Å². The molecule has 0 aromatic carbocycles. The van der Waals surface area contributed by atoms with E-state index in [4.69, 9.17) is 17.3 Å². The molecule has 0 aliphatic carbocycles. The van der Waals surface area contributed by atoms with Gasteiger partial charge in [-0.15, -0.1) is 0 Å². The van der Waals surface area contributed by atoms with Gasteiger partial charge in [-0.3, -0.25) is 4.68 Å². The average Bonchev–Trinajstić information content (AvgIpc) is 2.34. The van der Waals surface area contributed by atoms with E-state index in [1.807, 2.05) is 4.68 Å². The first-order chi connectivity index (χ1) is 5.66. The van der Waals surface area contributed by atoms with Crippen molar-refractivity contribution in [3.8, 4) is 0 Å². The van der Waals surface area contributed by atoms with Crippen LogP contribution in [0.3, 0.4) is 0 Å². The van der Waals surface area contributed by atoms with Crippen LogP contribution in [0.5, 0.6) is 0 Å². The molecule has 0 spiro atoms. The van der Waals surface area contributed by atoms with Gasteiger partial charge in [0.05, 0.1) is 16.9 Å². The monoisotopic (exact) mass is 187 g/mol. The molecule has 1 aromatic rings. The predicted octanol–water partition coefficient (Wildman–Crippen LogP) is 1.62. The Bertz CT molecular complexity index is 255. The standard InChI is InChI=1S/C8H14ClN3/c1-6(2)12-8(3-4-10)7(9)5-11-12/h5-6H,3-4,10H2,1-2H3. The van der Waals surface area contributed by atoms with Gasteiger partial charge in [0.15, 0.2) is 0 Å². The summed E-state index contributed by atoms with van der Waals surface area (Å²) in [6, 6.07) is 0.346. The van der Waals surface area contributed by atoms with Gasteiger partial charge in [-0.1, -0.05) is 11.6 Å². The molecule has 0 atom stereocenters. The first-order valence-corrected chi connectivity index (χ1v) is 4.46. The molecule has 4 heteroatoms. The smallest absolute Gasteiger partial charge is 0.0818 e. The molecule has 12 heavy (non-hydrogen) atoms. The average molecular weight is 188 g/mol. The highest BCUT2D eigenvalue weighted by atomic mass is 35.5. The summed E-state index contributed by atoms with van der Waals surface area (Å²) in [5, 5.41) is 4.88. The van der Waals surface area contributed by atoms with Crippen LogP contribution in [-0.2, 0) is 6.42 Å². The fraction of sp³-hybridized carbons (Fsp3) is 0.625. The summed E-state index contributed by atoms with van der Waals surface area (Å²) in [5.41, 5.74) is 6.49. The van der Waals surface area contributed by atoms with E-state index in [0.717, 1.165) is 12.1 Å². The van der Waals surface area contributed by atoms with Crippen LogP contribution in [0.4, 0.5) is 0 Å². The van der Waals surface area contributed by atoms with Crippen LogP contribution in [-0.4, -0.2) is 16.3 Å². The summed E-state index contributed by atoms with van der Waals surface area (Å²) in [6.07, 6.45) is 2.46. The first-order valence-electron chi connectivity index (χ1n) is 4.08. The zero-order valence-electron chi connectivity index (χ0n) is 7.42. The molecule has 2 N–H and O–H groups in total. The molecule has 0 bridgehead atoms. The Kier molecular flexibility index (Phi) is 3.12. The highest BCUT2D eigenvalue weighted by Gasteiger charge is 2.09. The third-order valence-corrected chi connectivity index (χ3v) is 2.03. The van der Waals surface area contributed by atoms with Gasteiger partial charge in [0.1, 0.15) is 0 Å². The molecule has 0 aliphatic heterocycles. The second kappa shape index (κ2) is 3.92. The molecule has 0 radical (unpaired) electrons. The Hall–Kier alpha value is -0.540. The molecular weight excluding hydrogens is 174 g/mol. The summed E-state index contributed by atoms with van der Waals surface area (Å²) in [5.74, 6) is 0. The van der Waals surface area contributed by atoms with Crippen LogP contribution in [0, 0.1) is 0 Å². The summed E-state index contributed by atoms with van der Waals surface area (Å²) in [6.45, 7) is 4.75. The second-order valence-electron chi connectivity index (χ2n) is 3.02. The van der Waals surface area contributed by atoms with Crippen molar-refractivity contribution < 1.29 is 0 Å². The maximum absolute atomic E-state index is 5.93. The molecule has 3 nitrogen and oxygen atoms in total. The summed E-state index contributed by atoms with van der Waals surface area (Å²) < 4.78 is 1.91. The van der Waals surface area contributed by atoms with Gasteiger partial charge < -0.3 is 5.73 Å². The highest BCUT2D eigenvalue weighted by molar-refractivity contribution is 6.31. The Balaban J connectivity index is 2.95. The number of aromatic nitrogens is 2. The molecule has 0 saturated carbocycles. The van der Waals surface area contributed by atoms with Crippen molar-refractivity contribution in [3.63, 3.8) is 0 Å². The summed E-state index contributed by atoms with van der Waals surface area (Å²) >= 11 is 5.93. The zero-order valence-corrected chi connectivity index (χ0v) is 8.17. The van der Waals surface area contributed by atoms with Crippen LogP contribution in [0.2, 0.25) is 5.02 Å². The molecule has 1 rings (SSSR count). The fourth-order valence-corrected chi connectivity index (χ4v) is 1.41. The van der Waals surface area contributed by atoms with Crippen LogP contribution in [0.15, 0.2) is 6.20 Å². The Morgan fingerprint density at radius 3 is 2.83 bits per heavy atom. The molecule has 0 unspecified atom stereocenters. The van der Waals surface area contributed by atoms with Crippen molar-refractivity contribution in [2.75, 3.05) is 6.54 Å². The topological polar surface area (TPSA) is 43.8 Å². The minimum Gasteiger partial charge on any atom is -0.330 e. The van der Waals surface area contributed by atoms with Crippen LogP contribution >= 0.6 is 11.6 Å². The lowest BCUT2D eigenvalue weighted by Crippen LogP contribution is -2.12. The van der Waals surface area contributed by atoms with Crippen molar-refractivity contribution >= 4 is 11.6 Å². The van der Waals surface area contributed by atoms with Crippen LogP contribution < -0.4 is 5.73 Å². The second-order valence-corrected chi connectivity index (χ2v) is 3.42. The molecular formula is C8H14ClN3. The zero-order chi connectivity index (χ0) is 9.14. The quantitative estimate of drug-likeness (QED) is 0.782. The van der Waals surface area contributed by atoms with Gasteiger partial charge in [0.25, 0.3) is 0 Å². The van der Waals surface area contributed by atoms with E-state index < -0.39 is 0 Å². The van der Waals surface area contributed by atoms with Gasteiger partial charge >= 0.3 is 0 Å². The molecule has 68 valence electrons. The fourth-order valence-electron chi connectivity index (χ4n) is 1.18. The van der Waals surface area contributed by atoms with Gasteiger partial charge in [0.2, 0.25) is 0 Å². The van der Waals surface area contributed by atoms with Crippen molar-refractivity contribution in [2.45, 2.75) is 26.3 Å². The molecule has 1 heterocycles. The molecule has 0 amide bonds. The van der Waals surface area contributed by atoms with E-state index in [-0.39, 0.29) is 0 Å². The lowest BCUT2D eigenvalue weighted by Gasteiger charge is -2.09. The van der Waals surface area contributed by atoms with E-state index in [1.165, 1.54) is 0 Å². The third kappa shape index (κ3) is 1.79. The Morgan fingerprint density at radius 1 is 1.67 bits per heavy atom. The van der Waals surface area contributed by atoms with Gasteiger partial charge in [-0.2, -0.15) is 5.10 Å². The lowest BCUT2D eigenvalue weighted by atomic mass is 10.3. The summed E-state index contributed by atoms with van der Waals surface area (Å²) in [4.78, 5) is 0. The highest BCUT2D eigenvalue weighted by Crippen LogP contribution is 2.18. The number of rotatable bonds is 3. The van der Waals surface area contributed by atoms with Crippen molar-refractivity contribution in [3.05, 3.63) is 16.9 Å². The Labute approximate surface area is 77.5 Å². The molecule has 0 fully saturated rings. The summed E-state index contributed by atoms with van der Waals surface area (Å²) in [7, 11) is 0. The van der Waals surface area contributed by atoms with E-state index in [9.17, 15) is 0 Å². The minimum atomic E-state index is 0.346. The van der Waals surface area contributed by atoms with Crippen molar-refractivity contribution in [1.82, 2.24) is 9.78 Å². The lowest BCUT2D eigenvalue weighted by molar-refractivity contribution is 0.509. The van der Waals surface area contributed by atoms with Crippen LogP contribution in [0.1, 0.15) is 25.6 Å². The van der Waals surface area contributed by atoms with E-state index in [1.54, 1.807) is 6.20 Å². The maximum Gasteiger partial charge on any atom is 0.0818 e.